The van der Waals surface area contributed by atoms with Gasteiger partial charge in [-0.25, -0.2) is 0 Å². The van der Waals surface area contributed by atoms with E-state index in [9.17, 15) is 14.9 Å². The zero-order chi connectivity index (χ0) is 18.7. The van der Waals surface area contributed by atoms with Crippen LogP contribution < -0.4 is 10.6 Å². The van der Waals surface area contributed by atoms with Crippen molar-refractivity contribution in [1.29, 1.82) is 5.26 Å². The first-order valence-corrected chi connectivity index (χ1v) is 10.7. The third-order valence-electron chi connectivity index (χ3n) is 4.19. The third kappa shape index (κ3) is 4.23. The number of carbonyl (C=O) groups excluding carboxylic acids is 2. The van der Waals surface area contributed by atoms with Crippen LogP contribution in [-0.4, -0.2) is 27.8 Å². The van der Waals surface area contributed by atoms with Crippen molar-refractivity contribution in [3.63, 3.8) is 0 Å². The van der Waals surface area contributed by atoms with Crippen molar-refractivity contribution in [1.82, 2.24) is 10.2 Å². The van der Waals surface area contributed by atoms with Gasteiger partial charge < -0.3 is 10.6 Å². The second-order valence-electron chi connectivity index (χ2n) is 5.93. The molecule has 0 saturated heterocycles. The minimum absolute atomic E-state index is 0.00541. The molecule has 1 saturated carbocycles. The van der Waals surface area contributed by atoms with Crippen molar-refractivity contribution in [3.8, 4) is 6.07 Å². The number of nitrogens with one attached hydrogen (secondary N) is 2. The minimum atomic E-state index is -0.206. The smallest absolute Gasteiger partial charge is 0.235 e. The van der Waals surface area contributed by atoms with Crippen LogP contribution in [0.3, 0.4) is 0 Å². The summed E-state index contributed by atoms with van der Waals surface area (Å²) in [6.07, 6.45) is 2.96. The van der Waals surface area contributed by atoms with Gasteiger partial charge in [-0.05, 0) is 32.3 Å². The van der Waals surface area contributed by atoms with E-state index in [1.165, 1.54) is 34.4 Å². The number of hydrogen-bond acceptors (Lipinski definition) is 8. The molecular weight excluding hydrogens is 390 g/mol. The molecule has 0 spiro atoms. The van der Waals surface area contributed by atoms with E-state index in [1.807, 2.05) is 13.8 Å². The molecule has 0 unspecified atom stereocenters. The topological polar surface area (TPSA) is 108 Å². The predicted molar refractivity (Wildman–Crippen MR) is 104 cm³/mol. The maximum absolute atomic E-state index is 12.1. The summed E-state index contributed by atoms with van der Waals surface area (Å²) in [5.74, 6) is 0.0384. The van der Waals surface area contributed by atoms with Gasteiger partial charge in [0.05, 0.1) is 11.3 Å². The zero-order valence-corrected chi connectivity index (χ0v) is 16.7. The van der Waals surface area contributed by atoms with Crippen LogP contribution in [-0.2, 0) is 9.59 Å². The van der Waals surface area contributed by atoms with Crippen molar-refractivity contribution >= 4 is 56.4 Å². The quantitative estimate of drug-likeness (QED) is 0.560. The SMILES string of the molecule is Cc1sc(NC(=O)CSc2nnc(NC(=O)C3CCC3)s2)c(C#N)c1C. The number of thiophene rings is 1. The first-order valence-electron chi connectivity index (χ1n) is 8.05. The molecule has 2 aromatic rings. The molecule has 0 atom stereocenters. The standard InChI is InChI=1S/C16H17N5O2S3/c1-8-9(2)25-14(11(8)6-17)18-12(22)7-24-16-21-20-15(26-16)19-13(23)10-4-3-5-10/h10H,3-5,7H2,1-2H3,(H,18,22)(H,19,20,23). The summed E-state index contributed by atoms with van der Waals surface area (Å²) in [6.45, 7) is 3.79. The van der Waals surface area contributed by atoms with Crippen molar-refractivity contribution in [2.45, 2.75) is 37.4 Å². The van der Waals surface area contributed by atoms with E-state index in [0.29, 0.717) is 20.0 Å². The summed E-state index contributed by atoms with van der Waals surface area (Å²) in [6, 6.07) is 2.13. The average molecular weight is 408 g/mol. The molecule has 0 aliphatic heterocycles. The van der Waals surface area contributed by atoms with Crippen molar-refractivity contribution in [3.05, 3.63) is 16.0 Å². The van der Waals surface area contributed by atoms with Crippen molar-refractivity contribution < 1.29 is 9.59 Å². The Kier molecular flexibility index (Phi) is 5.90. The molecule has 2 aromatic heterocycles. The van der Waals surface area contributed by atoms with E-state index in [-0.39, 0.29) is 23.5 Å². The lowest BCUT2D eigenvalue weighted by molar-refractivity contribution is -0.122. The van der Waals surface area contributed by atoms with Gasteiger partial charge in [0, 0.05) is 10.8 Å². The second-order valence-corrected chi connectivity index (χ2v) is 9.35. The van der Waals surface area contributed by atoms with Gasteiger partial charge in [0.15, 0.2) is 4.34 Å². The molecule has 2 amide bonds. The number of rotatable bonds is 6. The minimum Gasteiger partial charge on any atom is -0.316 e. The summed E-state index contributed by atoms with van der Waals surface area (Å²) in [5.41, 5.74) is 1.42. The molecule has 1 fully saturated rings. The van der Waals surface area contributed by atoms with Gasteiger partial charge >= 0.3 is 0 Å². The van der Waals surface area contributed by atoms with Crippen LogP contribution >= 0.6 is 34.4 Å². The highest BCUT2D eigenvalue weighted by atomic mass is 32.2. The molecule has 7 nitrogen and oxygen atoms in total. The van der Waals surface area contributed by atoms with E-state index < -0.39 is 0 Å². The highest BCUT2D eigenvalue weighted by Gasteiger charge is 2.26. The van der Waals surface area contributed by atoms with Gasteiger partial charge in [0.25, 0.3) is 0 Å². The third-order valence-corrected chi connectivity index (χ3v) is 7.28. The zero-order valence-electron chi connectivity index (χ0n) is 14.3. The number of aryl methyl sites for hydroxylation is 1. The van der Waals surface area contributed by atoms with Gasteiger partial charge in [0.1, 0.15) is 11.1 Å². The number of anilines is 2. The fraction of sp³-hybridized carbons (Fsp3) is 0.438. The Hall–Kier alpha value is -1.96. The van der Waals surface area contributed by atoms with Crippen LogP contribution in [0.1, 0.15) is 35.3 Å². The molecule has 0 radical (unpaired) electrons. The lowest BCUT2D eigenvalue weighted by Crippen LogP contribution is -2.27. The Morgan fingerprint density at radius 1 is 1.27 bits per heavy atom. The number of aromatic nitrogens is 2. The lowest BCUT2D eigenvalue weighted by atomic mass is 9.85. The van der Waals surface area contributed by atoms with E-state index in [4.69, 9.17) is 0 Å². The van der Waals surface area contributed by atoms with Crippen molar-refractivity contribution in [2.75, 3.05) is 16.4 Å². The molecule has 2 N–H and O–H groups in total. The largest absolute Gasteiger partial charge is 0.316 e. The summed E-state index contributed by atoms with van der Waals surface area (Å²) in [7, 11) is 0. The molecule has 0 bridgehead atoms. The van der Waals surface area contributed by atoms with Gasteiger partial charge in [-0.15, -0.1) is 21.5 Å². The molecule has 10 heteroatoms. The van der Waals surface area contributed by atoms with Gasteiger partial charge in [-0.1, -0.05) is 29.5 Å². The molecular formula is C16H17N5O2S3. The molecule has 136 valence electrons. The first-order chi connectivity index (χ1) is 12.5. The van der Waals surface area contributed by atoms with E-state index in [1.54, 1.807) is 0 Å². The molecule has 2 heterocycles. The fourth-order valence-electron chi connectivity index (χ4n) is 2.34. The molecule has 1 aliphatic carbocycles. The predicted octanol–water partition coefficient (Wildman–Crippen LogP) is 3.56. The summed E-state index contributed by atoms with van der Waals surface area (Å²) < 4.78 is 0.614. The Bertz CT molecular complexity index is 879. The van der Waals surface area contributed by atoms with Crippen LogP contribution in [0.4, 0.5) is 10.1 Å². The Labute approximate surface area is 163 Å². The Morgan fingerprint density at radius 2 is 2.04 bits per heavy atom. The van der Waals surface area contributed by atoms with Gasteiger partial charge in [-0.2, -0.15) is 5.26 Å². The lowest BCUT2D eigenvalue weighted by Gasteiger charge is -2.23. The fourth-order valence-corrected chi connectivity index (χ4v) is 4.92. The van der Waals surface area contributed by atoms with E-state index in [2.05, 4.69) is 26.9 Å². The van der Waals surface area contributed by atoms with E-state index in [0.717, 1.165) is 29.7 Å². The number of nitrogens with zero attached hydrogens (tertiary/aromatic N) is 3. The number of carbonyl (C=O) groups is 2. The highest BCUT2D eigenvalue weighted by Crippen LogP contribution is 2.32. The molecule has 26 heavy (non-hydrogen) atoms. The van der Waals surface area contributed by atoms with Crippen LogP contribution in [0.5, 0.6) is 0 Å². The van der Waals surface area contributed by atoms with Gasteiger partial charge in [0.2, 0.25) is 16.9 Å². The maximum atomic E-state index is 12.1. The highest BCUT2D eigenvalue weighted by molar-refractivity contribution is 8.01. The number of nitriles is 1. The Balaban J connectivity index is 1.51. The van der Waals surface area contributed by atoms with Gasteiger partial charge in [-0.3, -0.25) is 9.59 Å². The average Bonchev–Trinajstić information content (AvgIpc) is 3.08. The second kappa shape index (κ2) is 8.16. The first kappa shape index (κ1) is 18.8. The normalized spacial score (nSPS) is 13.7. The van der Waals surface area contributed by atoms with Crippen molar-refractivity contribution in [2.24, 2.45) is 5.92 Å². The van der Waals surface area contributed by atoms with Crippen LogP contribution in [0.2, 0.25) is 0 Å². The molecule has 3 rings (SSSR count). The van der Waals surface area contributed by atoms with Crippen LogP contribution in [0.15, 0.2) is 4.34 Å². The van der Waals surface area contributed by atoms with Crippen LogP contribution in [0, 0.1) is 31.1 Å². The number of amides is 2. The maximum Gasteiger partial charge on any atom is 0.235 e. The van der Waals surface area contributed by atoms with Crippen LogP contribution in [0.25, 0.3) is 0 Å². The monoisotopic (exact) mass is 407 g/mol. The molecule has 1 aliphatic rings. The molecule has 0 aromatic carbocycles. The summed E-state index contributed by atoms with van der Waals surface area (Å²) >= 11 is 3.91. The number of hydrogen-bond donors (Lipinski definition) is 2. The summed E-state index contributed by atoms with van der Waals surface area (Å²) in [4.78, 5) is 25.1. The summed E-state index contributed by atoms with van der Waals surface area (Å²) in [5, 5.41) is 23.8. The number of thioether (sulfide) groups is 1. The Morgan fingerprint density at radius 3 is 2.69 bits per heavy atom. The van der Waals surface area contributed by atoms with E-state index >= 15 is 0 Å².